The molecule has 0 aliphatic heterocycles. The largest absolute Gasteiger partial charge is 0.506 e. The lowest BCUT2D eigenvalue weighted by molar-refractivity contribution is 0.0942. The van der Waals surface area contributed by atoms with Crippen molar-refractivity contribution < 1.29 is 24.2 Å². The van der Waals surface area contributed by atoms with Crippen LogP contribution in [0.5, 0.6) is 17.2 Å². The highest BCUT2D eigenvalue weighted by molar-refractivity contribution is 6.30. The Morgan fingerprint density at radius 2 is 1.49 bits per heavy atom. The summed E-state index contributed by atoms with van der Waals surface area (Å²) >= 11 is 5.92. The molecule has 5 aromatic rings. The van der Waals surface area contributed by atoms with E-state index in [2.05, 4.69) is 10.6 Å². The molecule has 0 saturated heterocycles. The number of anilines is 1. The first-order valence-corrected chi connectivity index (χ1v) is 13.9. The SMILES string of the molecule is Cl.NCCCOc1ccc2ccccc2c1C(=O)NCCOc1cc2ccccc2cc1C(=O)Nc1ccc(Cl)cc1O. The molecule has 0 aliphatic carbocycles. The number of aromatic hydroxyl groups is 1. The second kappa shape index (κ2) is 14.6. The normalized spacial score (nSPS) is 10.7. The van der Waals surface area contributed by atoms with Crippen LogP contribution in [0.2, 0.25) is 5.02 Å². The van der Waals surface area contributed by atoms with Gasteiger partial charge in [-0.15, -0.1) is 12.4 Å². The van der Waals surface area contributed by atoms with Gasteiger partial charge >= 0.3 is 0 Å². The molecule has 0 atom stereocenters. The average Bonchev–Trinajstić information content (AvgIpc) is 3.00. The minimum Gasteiger partial charge on any atom is -0.506 e. The molecule has 0 aliphatic rings. The van der Waals surface area contributed by atoms with Gasteiger partial charge in [-0.05, 0) is 64.8 Å². The summed E-state index contributed by atoms with van der Waals surface area (Å²) in [6, 6.07) is 26.9. The molecule has 0 fully saturated rings. The number of ether oxygens (including phenoxy) is 2. The van der Waals surface area contributed by atoms with Gasteiger partial charge in [0.1, 0.15) is 23.9 Å². The number of fused-ring (bicyclic) bond motifs is 2. The van der Waals surface area contributed by atoms with Gasteiger partial charge in [0.25, 0.3) is 11.8 Å². The summed E-state index contributed by atoms with van der Waals surface area (Å²) in [6.45, 7) is 1.17. The van der Waals surface area contributed by atoms with Crippen molar-refractivity contribution in [2.75, 3.05) is 31.6 Å². The molecule has 0 saturated carbocycles. The van der Waals surface area contributed by atoms with Gasteiger partial charge in [-0.2, -0.15) is 0 Å². The van der Waals surface area contributed by atoms with E-state index in [1.54, 1.807) is 24.3 Å². The molecule has 5 aromatic carbocycles. The molecule has 0 unspecified atom stereocenters. The quantitative estimate of drug-likeness (QED) is 0.0980. The predicted molar refractivity (Wildman–Crippen MR) is 173 cm³/mol. The van der Waals surface area contributed by atoms with Gasteiger partial charge in [0.2, 0.25) is 0 Å². The zero-order valence-electron chi connectivity index (χ0n) is 23.1. The van der Waals surface area contributed by atoms with E-state index in [0.717, 1.165) is 21.5 Å². The van der Waals surface area contributed by atoms with Crippen molar-refractivity contribution in [3.63, 3.8) is 0 Å². The van der Waals surface area contributed by atoms with Crippen LogP contribution in [0.15, 0.2) is 91.0 Å². The van der Waals surface area contributed by atoms with Crippen molar-refractivity contribution in [3.8, 4) is 17.2 Å². The third-order valence-electron chi connectivity index (χ3n) is 6.67. The smallest absolute Gasteiger partial charge is 0.259 e. The van der Waals surface area contributed by atoms with Crippen LogP contribution in [0.1, 0.15) is 27.1 Å². The second-order valence-electron chi connectivity index (χ2n) is 9.57. The zero-order chi connectivity index (χ0) is 29.5. The van der Waals surface area contributed by atoms with Crippen molar-refractivity contribution in [2.45, 2.75) is 6.42 Å². The van der Waals surface area contributed by atoms with Crippen LogP contribution in [0.3, 0.4) is 0 Å². The number of phenols is 1. The molecule has 2 amide bonds. The highest BCUT2D eigenvalue weighted by Crippen LogP contribution is 2.31. The van der Waals surface area contributed by atoms with Gasteiger partial charge in [-0.25, -0.2) is 0 Å². The number of rotatable bonds is 11. The molecule has 222 valence electrons. The number of carbonyl (C=O) groups excluding carboxylic acids is 2. The molecule has 5 rings (SSSR count). The van der Waals surface area contributed by atoms with Crippen LogP contribution in [0, 0.1) is 0 Å². The Balaban J connectivity index is 0.00000423. The van der Waals surface area contributed by atoms with E-state index in [4.69, 9.17) is 26.8 Å². The number of benzene rings is 5. The standard InChI is InChI=1S/C33H30ClN3O5.ClH/c34-24-11-12-27(28(38)20-24)37-32(39)26-18-22-7-1-2-8-23(22)19-30(26)42-17-15-36-33(40)31-25-9-4-3-6-21(25)10-13-29(31)41-16-5-14-35;/h1-4,6-13,18-20,38H,5,14-17,35H2,(H,36,40)(H,37,39);1H. The summed E-state index contributed by atoms with van der Waals surface area (Å²) in [7, 11) is 0. The van der Waals surface area contributed by atoms with E-state index in [1.807, 2.05) is 54.6 Å². The maximum Gasteiger partial charge on any atom is 0.259 e. The summed E-state index contributed by atoms with van der Waals surface area (Å²) in [4.78, 5) is 26.6. The number of carbonyl (C=O) groups is 2. The number of phenolic OH excluding ortho intramolecular Hbond substituents is 1. The number of hydrogen-bond acceptors (Lipinski definition) is 6. The molecule has 0 bridgehead atoms. The number of hydrogen-bond donors (Lipinski definition) is 4. The summed E-state index contributed by atoms with van der Waals surface area (Å²) in [6.07, 6.45) is 0.668. The minimum absolute atomic E-state index is 0. The second-order valence-corrected chi connectivity index (χ2v) is 10.0. The molecule has 0 spiro atoms. The first-order chi connectivity index (χ1) is 20.4. The molecule has 10 heteroatoms. The molecule has 5 N–H and O–H groups in total. The van der Waals surface area contributed by atoms with E-state index in [0.29, 0.717) is 41.7 Å². The van der Waals surface area contributed by atoms with Crippen LogP contribution in [-0.4, -0.2) is 43.2 Å². The van der Waals surface area contributed by atoms with Crippen molar-refractivity contribution in [3.05, 3.63) is 107 Å². The van der Waals surface area contributed by atoms with Gasteiger partial charge in [0, 0.05) is 11.1 Å². The Kier molecular flexibility index (Phi) is 10.7. The minimum atomic E-state index is -0.465. The Morgan fingerprint density at radius 3 is 2.23 bits per heavy atom. The Bertz CT molecular complexity index is 1760. The third-order valence-corrected chi connectivity index (χ3v) is 6.90. The molecule has 0 radical (unpaired) electrons. The number of nitrogens with two attached hydrogens (primary N) is 1. The summed E-state index contributed by atoms with van der Waals surface area (Å²) in [5.74, 6) is -0.0914. The van der Waals surface area contributed by atoms with Crippen molar-refractivity contribution >= 4 is 63.1 Å². The fourth-order valence-electron chi connectivity index (χ4n) is 4.60. The lowest BCUT2D eigenvalue weighted by Crippen LogP contribution is -2.29. The van der Waals surface area contributed by atoms with Crippen molar-refractivity contribution in [1.82, 2.24) is 5.32 Å². The van der Waals surface area contributed by atoms with Crippen LogP contribution in [-0.2, 0) is 0 Å². The van der Waals surface area contributed by atoms with E-state index in [1.165, 1.54) is 12.1 Å². The Morgan fingerprint density at radius 1 is 0.791 bits per heavy atom. The van der Waals surface area contributed by atoms with Gasteiger partial charge in [-0.1, -0.05) is 66.2 Å². The molecule has 43 heavy (non-hydrogen) atoms. The van der Waals surface area contributed by atoms with Crippen LogP contribution in [0.4, 0.5) is 5.69 Å². The molecular formula is C33H31Cl2N3O5. The van der Waals surface area contributed by atoms with E-state index >= 15 is 0 Å². The van der Waals surface area contributed by atoms with E-state index in [-0.39, 0.29) is 48.5 Å². The molecular weight excluding hydrogens is 589 g/mol. The lowest BCUT2D eigenvalue weighted by atomic mass is 10.0. The van der Waals surface area contributed by atoms with Crippen LogP contribution >= 0.6 is 24.0 Å². The Hall–Kier alpha value is -4.50. The molecule has 0 aromatic heterocycles. The maximum atomic E-state index is 13.4. The third kappa shape index (κ3) is 7.48. The summed E-state index contributed by atoms with van der Waals surface area (Å²) in [5, 5.41) is 19.6. The van der Waals surface area contributed by atoms with E-state index < -0.39 is 5.91 Å². The van der Waals surface area contributed by atoms with Crippen molar-refractivity contribution in [2.24, 2.45) is 5.73 Å². The van der Waals surface area contributed by atoms with Gasteiger partial charge in [0.05, 0.1) is 30.0 Å². The first-order valence-electron chi connectivity index (χ1n) is 13.5. The number of amides is 2. The van der Waals surface area contributed by atoms with Crippen LogP contribution in [0.25, 0.3) is 21.5 Å². The predicted octanol–water partition coefficient (Wildman–Crippen LogP) is 6.56. The topological polar surface area (TPSA) is 123 Å². The van der Waals surface area contributed by atoms with Crippen molar-refractivity contribution in [1.29, 1.82) is 0 Å². The van der Waals surface area contributed by atoms with Gasteiger partial charge in [-0.3, -0.25) is 9.59 Å². The number of halogens is 2. The highest BCUT2D eigenvalue weighted by Gasteiger charge is 2.19. The lowest BCUT2D eigenvalue weighted by Gasteiger charge is -2.16. The highest BCUT2D eigenvalue weighted by atomic mass is 35.5. The monoisotopic (exact) mass is 619 g/mol. The van der Waals surface area contributed by atoms with E-state index in [9.17, 15) is 14.7 Å². The maximum absolute atomic E-state index is 13.4. The fourth-order valence-corrected chi connectivity index (χ4v) is 4.77. The average molecular weight is 621 g/mol. The van der Waals surface area contributed by atoms with Crippen LogP contribution < -0.4 is 25.8 Å². The first kappa shape index (κ1) is 31.4. The van der Waals surface area contributed by atoms with Gasteiger partial charge < -0.3 is 30.9 Å². The molecule has 0 heterocycles. The summed E-state index contributed by atoms with van der Waals surface area (Å²) in [5.41, 5.74) is 6.54. The van der Waals surface area contributed by atoms with Gasteiger partial charge in [0.15, 0.2) is 0 Å². The fraction of sp³-hybridized carbons (Fsp3) is 0.152. The molecule has 8 nitrogen and oxygen atoms in total. The summed E-state index contributed by atoms with van der Waals surface area (Å²) < 4.78 is 11.9. The Labute approximate surface area is 260 Å². The zero-order valence-corrected chi connectivity index (χ0v) is 24.7. The number of nitrogens with one attached hydrogen (secondary N) is 2.